The van der Waals surface area contributed by atoms with E-state index in [0.29, 0.717) is 12.8 Å². The van der Waals surface area contributed by atoms with E-state index >= 15 is 0 Å². The summed E-state index contributed by atoms with van der Waals surface area (Å²) >= 11 is 0. The molecule has 1 aliphatic carbocycles. The van der Waals surface area contributed by atoms with E-state index < -0.39 is 15.5 Å². The van der Waals surface area contributed by atoms with Crippen LogP contribution in [0.25, 0.3) is 0 Å². The summed E-state index contributed by atoms with van der Waals surface area (Å²) in [4.78, 5) is 20.6. The summed E-state index contributed by atoms with van der Waals surface area (Å²) in [7, 11) is 0. The summed E-state index contributed by atoms with van der Waals surface area (Å²) < 4.78 is 0. The standard InChI is InChI=1S/C16H19N5O4/c1-11-4-2-5-12(6-3-9-17)16(11)19-18-14-8-7-13(20(22)23)10-15(14)21(24)25/h7-8,10-12,18H,2-6H2,1H3/b19-16-/t11-,12-/m1/s1. The molecule has 1 fully saturated rings. The first-order valence-electron chi connectivity index (χ1n) is 8.07. The first-order valence-corrected chi connectivity index (χ1v) is 8.07. The third kappa shape index (κ3) is 4.50. The topological polar surface area (TPSA) is 134 Å². The van der Waals surface area contributed by atoms with Crippen molar-refractivity contribution < 1.29 is 9.85 Å². The molecule has 2 atom stereocenters. The van der Waals surface area contributed by atoms with Gasteiger partial charge in [-0.15, -0.1) is 0 Å². The first-order chi connectivity index (χ1) is 11.9. The second kappa shape index (κ2) is 8.19. The van der Waals surface area contributed by atoms with Gasteiger partial charge in [-0.1, -0.05) is 13.3 Å². The number of anilines is 1. The van der Waals surface area contributed by atoms with Crippen molar-refractivity contribution in [3.8, 4) is 6.07 Å². The lowest BCUT2D eigenvalue weighted by Gasteiger charge is -2.28. The molecule has 1 aliphatic rings. The molecule has 9 nitrogen and oxygen atoms in total. The highest BCUT2D eigenvalue weighted by Crippen LogP contribution is 2.32. The van der Waals surface area contributed by atoms with E-state index in [1.807, 2.05) is 6.92 Å². The van der Waals surface area contributed by atoms with Crippen molar-refractivity contribution in [1.82, 2.24) is 0 Å². The molecule has 0 saturated heterocycles. The van der Waals surface area contributed by atoms with Gasteiger partial charge < -0.3 is 0 Å². The highest BCUT2D eigenvalue weighted by Gasteiger charge is 2.27. The molecule has 1 aromatic rings. The Morgan fingerprint density at radius 3 is 2.72 bits per heavy atom. The number of nitro benzene ring substituents is 2. The Labute approximate surface area is 144 Å². The Kier molecular flexibility index (Phi) is 6.00. The monoisotopic (exact) mass is 345 g/mol. The number of nitriles is 1. The predicted octanol–water partition coefficient (Wildman–Crippen LogP) is 4.01. The van der Waals surface area contributed by atoms with Crippen LogP contribution in [0.3, 0.4) is 0 Å². The summed E-state index contributed by atoms with van der Waals surface area (Å²) in [5.74, 6) is 0.398. The Bertz CT molecular complexity index is 741. The summed E-state index contributed by atoms with van der Waals surface area (Å²) in [5, 5.41) is 35.1. The van der Waals surface area contributed by atoms with Gasteiger partial charge in [0.05, 0.1) is 22.0 Å². The third-order valence-electron chi connectivity index (χ3n) is 4.41. The number of hydrazone groups is 1. The number of hydrogen-bond donors (Lipinski definition) is 1. The van der Waals surface area contributed by atoms with Crippen LogP contribution >= 0.6 is 0 Å². The molecule has 1 aromatic carbocycles. The summed E-state index contributed by atoms with van der Waals surface area (Å²) in [6.45, 7) is 2.04. The number of nitrogens with zero attached hydrogens (tertiary/aromatic N) is 4. The fourth-order valence-electron chi connectivity index (χ4n) is 3.11. The van der Waals surface area contributed by atoms with Crippen LogP contribution in [0.2, 0.25) is 0 Å². The maximum absolute atomic E-state index is 11.2. The van der Waals surface area contributed by atoms with Crippen LogP contribution in [0.15, 0.2) is 23.3 Å². The van der Waals surface area contributed by atoms with E-state index in [1.165, 1.54) is 12.1 Å². The van der Waals surface area contributed by atoms with Crippen molar-refractivity contribution in [3.63, 3.8) is 0 Å². The van der Waals surface area contributed by atoms with Gasteiger partial charge in [0.1, 0.15) is 5.69 Å². The Hall–Kier alpha value is -3.02. The van der Waals surface area contributed by atoms with Gasteiger partial charge in [-0.3, -0.25) is 25.7 Å². The molecule has 0 amide bonds. The number of rotatable bonds is 6. The van der Waals surface area contributed by atoms with Gasteiger partial charge in [0.2, 0.25) is 0 Å². The lowest BCUT2D eigenvalue weighted by Crippen LogP contribution is -2.27. The highest BCUT2D eigenvalue weighted by atomic mass is 16.6. The van der Waals surface area contributed by atoms with E-state index in [1.54, 1.807) is 0 Å². The highest BCUT2D eigenvalue weighted by molar-refractivity contribution is 5.90. The lowest BCUT2D eigenvalue weighted by atomic mass is 9.78. The van der Waals surface area contributed by atoms with Crippen molar-refractivity contribution in [3.05, 3.63) is 38.4 Å². The fourth-order valence-corrected chi connectivity index (χ4v) is 3.11. The van der Waals surface area contributed by atoms with Crippen molar-refractivity contribution in [2.75, 3.05) is 5.43 Å². The minimum Gasteiger partial charge on any atom is -0.272 e. The number of hydrogen-bond acceptors (Lipinski definition) is 7. The Balaban J connectivity index is 2.27. The zero-order chi connectivity index (χ0) is 18.4. The van der Waals surface area contributed by atoms with Crippen LogP contribution in [-0.2, 0) is 0 Å². The molecule has 25 heavy (non-hydrogen) atoms. The van der Waals surface area contributed by atoms with Crippen molar-refractivity contribution >= 4 is 22.8 Å². The minimum absolute atomic E-state index is 0.111. The molecule has 0 spiro atoms. The first kappa shape index (κ1) is 18.3. The van der Waals surface area contributed by atoms with Crippen LogP contribution in [-0.4, -0.2) is 15.6 Å². The zero-order valence-electron chi connectivity index (χ0n) is 13.8. The van der Waals surface area contributed by atoms with Crippen molar-refractivity contribution in [2.45, 2.75) is 39.0 Å². The second-order valence-electron chi connectivity index (χ2n) is 6.09. The van der Waals surface area contributed by atoms with Gasteiger partial charge in [0.15, 0.2) is 0 Å². The Morgan fingerprint density at radius 1 is 1.32 bits per heavy atom. The average molecular weight is 345 g/mol. The lowest BCUT2D eigenvalue weighted by molar-refractivity contribution is -0.393. The third-order valence-corrected chi connectivity index (χ3v) is 4.41. The van der Waals surface area contributed by atoms with Crippen molar-refractivity contribution in [2.24, 2.45) is 16.9 Å². The van der Waals surface area contributed by atoms with E-state index in [-0.39, 0.29) is 23.2 Å². The van der Waals surface area contributed by atoms with Gasteiger partial charge in [-0.05, 0) is 31.2 Å². The molecule has 132 valence electrons. The maximum Gasteiger partial charge on any atom is 0.301 e. The van der Waals surface area contributed by atoms with E-state index in [4.69, 9.17) is 5.26 Å². The van der Waals surface area contributed by atoms with Crippen LogP contribution in [0, 0.1) is 43.4 Å². The molecule has 0 radical (unpaired) electrons. The summed E-state index contributed by atoms with van der Waals surface area (Å²) in [6.07, 6.45) is 4.13. The molecule has 2 rings (SSSR count). The molecule has 9 heteroatoms. The average Bonchev–Trinajstić information content (AvgIpc) is 2.58. The Morgan fingerprint density at radius 2 is 2.08 bits per heavy atom. The molecule has 1 saturated carbocycles. The van der Waals surface area contributed by atoms with Gasteiger partial charge in [0, 0.05) is 24.1 Å². The van der Waals surface area contributed by atoms with Crippen LogP contribution in [0.4, 0.5) is 17.1 Å². The van der Waals surface area contributed by atoms with Gasteiger partial charge in [-0.2, -0.15) is 10.4 Å². The van der Waals surface area contributed by atoms with E-state index in [9.17, 15) is 20.2 Å². The number of non-ortho nitro benzene ring substituents is 1. The molecule has 0 heterocycles. The molecular formula is C16H19N5O4. The predicted molar refractivity (Wildman–Crippen MR) is 92.2 cm³/mol. The molecule has 1 N–H and O–H groups in total. The van der Waals surface area contributed by atoms with E-state index in [0.717, 1.165) is 31.0 Å². The SMILES string of the molecule is C[C@@H]1CCC[C@H](CCC#N)/C1=N\Nc1ccc([N+](=O)[O-])cc1[N+](=O)[O-]. The largest absolute Gasteiger partial charge is 0.301 e. The van der Waals surface area contributed by atoms with Gasteiger partial charge >= 0.3 is 5.69 Å². The number of nitro groups is 2. The molecule has 0 aromatic heterocycles. The zero-order valence-corrected chi connectivity index (χ0v) is 13.8. The molecule has 0 aliphatic heterocycles. The fraction of sp³-hybridized carbons (Fsp3) is 0.500. The van der Waals surface area contributed by atoms with Crippen LogP contribution < -0.4 is 5.43 Å². The summed E-state index contributed by atoms with van der Waals surface area (Å²) in [6, 6.07) is 5.54. The minimum atomic E-state index is -0.677. The molecule has 0 bridgehead atoms. The molecular weight excluding hydrogens is 326 g/mol. The van der Waals surface area contributed by atoms with Crippen LogP contribution in [0.1, 0.15) is 39.0 Å². The van der Waals surface area contributed by atoms with E-state index in [2.05, 4.69) is 16.6 Å². The summed E-state index contributed by atoms with van der Waals surface area (Å²) in [5.41, 5.74) is 2.98. The quantitative estimate of drug-likeness (QED) is 0.611. The smallest absolute Gasteiger partial charge is 0.272 e. The second-order valence-corrected chi connectivity index (χ2v) is 6.09. The van der Waals surface area contributed by atoms with Crippen LogP contribution in [0.5, 0.6) is 0 Å². The maximum atomic E-state index is 11.2. The number of nitrogens with one attached hydrogen (secondary N) is 1. The van der Waals surface area contributed by atoms with Gasteiger partial charge in [-0.25, -0.2) is 0 Å². The molecule has 0 unspecified atom stereocenters. The van der Waals surface area contributed by atoms with Gasteiger partial charge in [0.25, 0.3) is 5.69 Å². The van der Waals surface area contributed by atoms with Crippen molar-refractivity contribution in [1.29, 1.82) is 5.26 Å². The number of benzene rings is 1. The normalized spacial score (nSPS) is 21.5.